The molecule has 6 nitrogen and oxygen atoms in total. The van der Waals surface area contributed by atoms with E-state index in [1.807, 2.05) is 63.7 Å². The van der Waals surface area contributed by atoms with Gasteiger partial charge in [0.05, 0.1) is 28.1 Å². The lowest BCUT2D eigenvalue weighted by Crippen LogP contribution is -2.09. The molecular formula is C25H18N2O4. The van der Waals surface area contributed by atoms with Crippen LogP contribution in [0.2, 0.25) is 0 Å². The Morgan fingerprint density at radius 1 is 0.645 bits per heavy atom. The van der Waals surface area contributed by atoms with Gasteiger partial charge >= 0.3 is 11.9 Å². The molecule has 5 rings (SSSR count). The van der Waals surface area contributed by atoms with Crippen molar-refractivity contribution in [2.45, 2.75) is 5.92 Å². The number of carbonyl (C=O) groups is 2. The molecule has 0 radical (unpaired) electrons. The summed E-state index contributed by atoms with van der Waals surface area (Å²) in [5.74, 6) is -2.40. The fourth-order valence-electron chi connectivity index (χ4n) is 4.28. The molecule has 0 aliphatic carbocycles. The van der Waals surface area contributed by atoms with Gasteiger partial charge in [0.2, 0.25) is 0 Å². The molecule has 31 heavy (non-hydrogen) atoms. The zero-order valence-corrected chi connectivity index (χ0v) is 16.3. The van der Waals surface area contributed by atoms with Crippen molar-refractivity contribution in [3.05, 3.63) is 119 Å². The first kappa shape index (κ1) is 18.7. The molecule has 4 heterocycles. The number of benzene rings is 1. The first-order valence-electron chi connectivity index (χ1n) is 9.78. The number of aromatic nitrogens is 2. The van der Waals surface area contributed by atoms with Gasteiger partial charge in [0.15, 0.2) is 0 Å². The average Bonchev–Trinajstić information content (AvgIpc) is 3.35. The van der Waals surface area contributed by atoms with Gasteiger partial charge in [0, 0.05) is 23.8 Å². The fraction of sp³-hybridized carbons (Fsp3) is 0.0400. The maximum Gasteiger partial charge on any atom is 0.337 e. The smallest absolute Gasteiger partial charge is 0.337 e. The van der Waals surface area contributed by atoms with Crippen LogP contribution < -0.4 is 0 Å². The van der Waals surface area contributed by atoms with Crippen LogP contribution in [0.25, 0.3) is 11.0 Å². The lowest BCUT2D eigenvalue weighted by molar-refractivity contribution is 0.0688. The van der Waals surface area contributed by atoms with Crippen LogP contribution in [0.5, 0.6) is 0 Å². The second-order valence-corrected chi connectivity index (χ2v) is 7.33. The Bertz CT molecular complexity index is 1350. The van der Waals surface area contributed by atoms with Gasteiger partial charge in [-0.1, -0.05) is 42.5 Å². The van der Waals surface area contributed by atoms with E-state index < -0.39 is 11.9 Å². The molecule has 0 atom stereocenters. The quantitative estimate of drug-likeness (QED) is 0.437. The number of fused-ring (bicyclic) bond motifs is 2. The van der Waals surface area contributed by atoms with E-state index in [-0.39, 0.29) is 17.0 Å². The minimum atomic E-state index is -1.01. The molecule has 4 aromatic heterocycles. The van der Waals surface area contributed by atoms with Gasteiger partial charge < -0.3 is 19.0 Å². The number of rotatable bonds is 5. The molecule has 0 unspecified atom stereocenters. The molecule has 0 bridgehead atoms. The Morgan fingerprint density at radius 2 is 1.10 bits per heavy atom. The summed E-state index contributed by atoms with van der Waals surface area (Å²) in [5.41, 5.74) is 4.02. The largest absolute Gasteiger partial charge is 0.478 e. The fourth-order valence-corrected chi connectivity index (χ4v) is 4.28. The first-order valence-corrected chi connectivity index (χ1v) is 9.78. The van der Waals surface area contributed by atoms with Crippen LogP contribution in [0.15, 0.2) is 91.3 Å². The number of aromatic carboxylic acids is 2. The molecule has 6 heteroatoms. The third-order valence-electron chi connectivity index (χ3n) is 5.60. The number of carboxylic acids is 2. The van der Waals surface area contributed by atoms with Gasteiger partial charge in [-0.2, -0.15) is 0 Å². The molecule has 1 aromatic carbocycles. The van der Waals surface area contributed by atoms with Crippen molar-refractivity contribution in [1.29, 1.82) is 0 Å². The van der Waals surface area contributed by atoms with Crippen molar-refractivity contribution >= 4 is 23.0 Å². The molecule has 0 saturated heterocycles. The van der Waals surface area contributed by atoms with E-state index in [2.05, 4.69) is 0 Å². The van der Waals surface area contributed by atoms with Crippen molar-refractivity contribution < 1.29 is 19.8 Å². The van der Waals surface area contributed by atoms with Gasteiger partial charge in [0.1, 0.15) is 0 Å². The average molecular weight is 410 g/mol. The number of nitrogens with zero attached hydrogens (tertiary/aromatic N) is 2. The van der Waals surface area contributed by atoms with Crippen molar-refractivity contribution in [2.24, 2.45) is 0 Å². The Labute approximate surface area is 177 Å². The third kappa shape index (κ3) is 2.97. The summed E-state index contributed by atoms with van der Waals surface area (Å²) in [6, 6.07) is 23.9. The van der Waals surface area contributed by atoms with Crippen molar-refractivity contribution in [1.82, 2.24) is 8.80 Å². The zero-order valence-electron chi connectivity index (χ0n) is 16.3. The molecule has 152 valence electrons. The summed E-state index contributed by atoms with van der Waals surface area (Å²) in [5, 5.41) is 19.5. The van der Waals surface area contributed by atoms with Crippen molar-refractivity contribution in [3.8, 4) is 0 Å². The van der Waals surface area contributed by atoms with Crippen LogP contribution in [-0.2, 0) is 0 Å². The molecule has 0 saturated carbocycles. The molecule has 5 aromatic rings. The second kappa shape index (κ2) is 7.18. The topological polar surface area (TPSA) is 83.4 Å². The molecular weight excluding hydrogens is 392 g/mol. The first-order chi connectivity index (χ1) is 15.1. The third-order valence-corrected chi connectivity index (χ3v) is 5.60. The minimum Gasteiger partial charge on any atom is -0.478 e. The summed E-state index contributed by atoms with van der Waals surface area (Å²) in [6.07, 6.45) is 3.67. The highest BCUT2D eigenvalue weighted by Gasteiger charge is 2.27. The normalized spacial score (nSPS) is 11.4. The standard InChI is InChI=1S/C25H18N2O4/c28-24(29)17-14-21(26-12-6-4-10-19(17)26)23(16-8-2-1-3-9-16)22-15-18(25(30)31)20-11-5-7-13-27(20)22/h1-15,23H,(H,28,29)(H,30,31). The zero-order chi connectivity index (χ0) is 21.5. The predicted molar refractivity (Wildman–Crippen MR) is 116 cm³/mol. The van der Waals surface area contributed by atoms with Crippen LogP contribution in [-0.4, -0.2) is 31.0 Å². The van der Waals surface area contributed by atoms with Crippen LogP contribution in [0, 0.1) is 0 Å². The lowest BCUT2D eigenvalue weighted by Gasteiger charge is -2.19. The summed E-state index contributed by atoms with van der Waals surface area (Å²) < 4.78 is 3.73. The maximum atomic E-state index is 11.9. The Kier molecular flexibility index (Phi) is 4.33. The Morgan fingerprint density at radius 3 is 1.55 bits per heavy atom. The molecule has 0 aliphatic rings. The van der Waals surface area contributed by atoms with Gasteiger partial charge in [-0.3, -0.25) is 0 Å². The van der Waals surface area contributed by atoms with Gasteiger partial charge in [-0.25, -0.2) is 9.59 Å². The van der Waals surface area contributed by atoms with Crippen LogP contribution >= 0.6 is 0 Å². The van der Waals surface area contributed by atoms with E-state index in [9.17, 15) is 19.8 Å². The monoisotopic (exact) mass is 410 g/mol. The van der Waals surface area contributed by atoms with E-state index in [0.29, 0.717) is 11.0 Å². The predicted octanol–water partition coefficient (Wildman–Crippen LogP) is 4.77. The summed E-state index contributed by atoms with van der Waals surface area (Å²) >= 11 is 0. The molecule has 0 aliphatic heterocycles. The lowest BCUT2D eigenvalue weighted by atomic mass is 9.92. The van der Waals surface area contributed by atoms with Crippen molar-refractivity contribution in [2.75, 3.05) is 0 Å². The molecule has 0 fully saturated rings. The van der Waals surface area contributed by atoms with E-state index in [0.717, 1.165) is 17.0 Å². The van der Waals surface area contributed by atoms with Crippen molar-refractivity contribution in [3.63, 3.8) is 0 Å². The summed E-state index contributed by atoms with van der Waals surface area (Å²) in [7, 11) is 0. The van der Waals surface area contributed by atoms with Crippen LogP contribution in [0.4, 0.5) is 0 Å². The summed E-state index contributed by atoms with van der Waals surface area (Å²) in [6.45, 7) is 0. The number of hydrogen-bond donors (Lipinski definition) is 2. The van der Waals surface area contributed by atoms with E-state index in [1.165, 1.54) is 0 Å². The van der Waals surface area contributed by atoms with Gasteiger partial charge in [-0.05, 0) is 42.0 Å². The molecule has 2 N–H and O–H groups in total. The van der Waals surface area contributed by atoms with Crippen LogP contribution in [0.1, 0.15) is 43.6 Å². The highest BCUT2D eigenvalue weighted by atomic mass is 16.4. The minimum absolute atomic E-state index is 0.204. The van der Waals surface area contributed by atoms with Crippen LogP contribution in [0.3, 0.4) is 0 Å². The van der Waals surface area contributed by atoms with E-state index >= 15 is 0 Å². The highest BCUT2D eigenvalue weighted by molar-refractivity contribution is 5.97. The maximum absolute atomic E-state index is 11.9. The van der Waals surface area contributed by atoms with E-state index in [4.69, 9.17) is 0 Å². The highest BCUT2D eigenvalue weighted by Crippen LogP contribution is 2.36. The van der Waals surface area contributed by atoms with Gasteiger partial charge in [0.25, 0.3) is 0 Å². The summed E-state index contributed by atoms with van der Waals surface area (Å²) in [4.78, 5) is 23.9. The Hall–Kier alpha value is -4.32. The number of hydrogen-bond acceptors (Lipinski definition) is 2. The number of carboxylic acid groups (broad SMARTS) is 2. The van der Waals surface area contributed by atoms with Gasteiger partial charge in [-0.15, -0.1) is 0 Å². The molecule has 0 spiro atoms. The Balaban J connectivity index is 1.87. The van der Waals surface area contributed by atoms with E-state index in [1.54, 1.807) is 36.4 Å². The second-order valence-electron chi connectivity index (χ2n) is 7.33. The molecule has 0 amide bonds. The SMILES string of the molecule is O=C(O)c1cc(C(c2ccccc2)c2cc(C(=O)O)c3ccccn23)n2ccccc12. The number of pyridine rings is 2.